The summed E-state index contributed by atoms with van der Waals surface area (Å²) in [5.41, 5.74) is 5.93. The Bertz CT molecular complexity index is 447. The van der Waals surface area contributed by atoms with Crippen LogP contribution in [0.4, 0.5) is 10.1 Å². The number of primary amides is 1. The first-order valence-corrected chi connectivity index (χ1v) is 6.32. The van der Waals surface area contributed by atoms with E-state index < -0.39 is 17.8 Å². The Balaban J connectivity index is 3.23. The van der Waals surface area contributed by atoms with Gasteiger partial charge in [-0.2, -0.15) is 0 Å². The summed E-state index contributed by atoms with van der Waals surface area (Å²) >= 11 is 0. The topological polar surface area (TPSA) is 66.6 Å². The number of hydrogen-bond donors (Lipinski definition) is 2. The fourth-order valence-electron chi connectivity index (χ4n) is 2.07. The summed E-state index contributed by atoms with van der Waals surface area (Å²) in [6.45, 7) is 5.92. The average molecular weight is 268 g/mol. The van der Waals surface area contributed by atoms with Crippen molar-refractivity contribution >= 4 is 11.6 Å². The normalized spacial score (nSPS) is 12.5. The van der Waals surface area contributed by atoms with Crippen molar-refractivity contribution in [3.8, 4) is 0 Å². The zero-order valence-electron chi connectivity index (χ0n) is 11.6. The van der Waals surface area contributed by atoms with E-state index in [2.05, 4.69) is 0 Å². The van der Waals surface area contributed by atoms with Gasteiger partial charge in [0.25, 0.3) is 0 Å². The highest BCUT2D eigenvalue weighted by Gasteiger charge is 2.20. The van der Waals surface area contributed by atoms with Gasteiger partial charge in [-0.05, 0) is 18.9 Å². The first-order chi connectivity index (χ1) is 8.82. The molecular formula is C14H21FN2O2. The van der Waals surface area contributed by atoms with Gasteiger partial charge in [-0.25, -0.2) is 4.39 Å². The minimum absolute atomic E-state index is 0.0706. The van der Waals surface area contributed by atoms with Crippen LogP contribution in [0.25, 0.3) is 0 Å². The van der Waals surface area contributed by atoms with E-state index in [1.54, 1.807) is 24.0 Å². The molecule has 5 heteroatoms. The molecule has 0 fully saturated rings. The molecule has 1 rings (SSSR count). The third-order valence-corrected chi connectivity index (χ3v) is 2.72. The van der Waals surface area contributed by atoms with Crippen LogP contribution in [0.5, 0.6) is 0 Å². The molecule has 0 aromatic heterocycles. The first-order valence-electron chi connectivity index (χ1n) is 6.32. The number of anilines is 1. The molecule has 3 N–H and O–H groups in total. The Hall–Kier alpha value is -1.62. The zero-order valence-corrected chi connectivity index (χ0v) is 11.6. The number of rotatable bonds is 6. The standard InChI is InChI=1S/C14H21FN2O2/c1-9(2)7-17(8-13(16)19)14-11(10(3)18)5-4-6-12(14)15/h4-6,9-10,18H,7-8H2,1-3H3,(H2,16,19)/t10-/m1/s1. The molecule has 0 aliphatic carbocycles. The van der Waals surface area contributed by atoms with Crippen molar-refractivity contribution in [2.45, 2.75) is 26.9 Å². The number of amides is 1. The lowest BCUT2D eigenvalue weighted by Gasteiger charge is -2.28. The molecule has 0 unspecified atom stereocenters. The van der Waals surface area contributed by atoms with Crippen LogP contribution in [-0.4, -0.2) is 24.1 Å². The molecule has 0 bridgehead atoms. The van der Waals surface area contributed by atoms with Crippen molar-refractivity contribution in [1.29, 1.82) is 0 Å². The van der Waals surface area contributed by atoms with E-state index in [1.807, 2.05) is 13.8 Å². The molecule has 0 aliphatic heterocycles. The Labute approximate surface area is 113 Å². The van der Waals surface area contributed by atoms with Crippen LogP contribution >= 0.6 is 0 Å². The summed E-state index contributed by atoms with van der Waals surface area (Å²) < 4.78 is 14.1. The fourth-order valence-corrected chi connectivity index (χ4v) is 2.07. The Morgan fingerprint density at radius 1 is 1.42 bits per heavy atom. The van der Waals surface area contributed by atoms with Gasteiger partial charge in [0.2, 0.25) is 5.91 Å². The molecule has 106 valence electrons. The molecule has 1 atom stereocenters. The molecule has 0 spiro atoms. The van der Waals surface area contributed by atoms with Crippen LogP contribution in [0.15, 0.2) is 18.2 Å². The first kappa shape index (κ1) is 15.4. The number of carbonyl (C=O) groups is 1. The summed E-state index contributed by atoms with van der Waals surface area (Å²) in [6.07, 6.45) is -0.812. The zero-order chi connectivity index (χ0) is 14.6. The number of carbonyl (C=O) groups excluding carboxylic acids is 1. The minimum Gasteiger partial charge on any atom is -0.389 e. The van der Waals surface area contributed by atoms with E-state index in [0.29, 0.717) is 12.1 Å². The molecule has 1 aromatic rings. The van der Waals surface area contributed by atoms with Gasteiger partial charge < -0.3 is 15.7 Å². The van der Waals surface area contributed by atoms with Crippen molar-refractivity contribution in [2.75, 3.05) is 18.0 Å². The lowest BCUT2D eigenvalue weighted by atomic mass is 10.1. The van der Waals surface area contributed by atoms with E-state index >= 15 is 0 Å². The maximum Gasteiger partial charge on any atom is 0.236 e. The second-order valence-corrected chi connectivity index (χ2v) is 5.09. The molecule has 19 heavy (non-hydrogen) atoms. The van der Waals surface area contributed by atoms with E-state index in [1.165, 1.54) is 6.07 Å². The average Bonchev–Trinajstić information content (AvgIpc) is 2.26. The lowest BCUT2D eigenvalue weighted by Crippen LogP contribution is -2.37. The second-order valence-electron chi connectivity index (χ2n) is 5.09. The van der Waals surface area contributed by atoms with Gasteiger partial charge in [0.15, 0.2) is 0 Å². The van der Waals surface area contributed by atoms with Crippen LogP contribution in [0.3, 0.4) is 0 Å². The molecule has 4 nitrogen and oxygen atoms in total. The maximum absolute atomic E-state index is 14.1. The molecule has 0 saturated heterocycles. The van der Waals surface area contributed by atoms with E-state index in [4.69, 9.17) is 5.73 Å². The molecule has 0 aliphatic rings. The monoisotopic (exact) mass is 268 g/mol. The van der Waals surface area contributed by atoms with Gasteiger partial charge in [-0.3, -0.25) is 4.79 Å². The van der Waals surface area contributed by atoms with Crippen LogP contribution in [0, 0.1) is 11.7 Å². The summed E-state index contributed by atoms with van der Waals surface area (Å²) in [7, 11) is 0. The fraction of sp³-hybridized carbons (Fsp3) is 0.500. The summed E-state index contributed by atoms with van der Waals surface area (Å²) in [5.74, 6) is -0.749. The third kappa shape index (κ3) is 4.21. The molecule has 1 amide bonds. The Morgan fingerprint density at radius 3 is 2.53 bits per heavy atom. The van der Waals surface area contributed by atoms with E-state index in [9.17, 15) is 14.3 Å². The number of hydrogen-bond acceptors (Lipinski definition) is 3. The van der Waals surface area contributed by atoms with E-state index in [-0.39, 0.29) is 18.2 Å². The third-order valence-electron chi connectivity index (χ3n) is 2.72. The maximum atomic E-state index is 14.1. The number of nitrogens with two attached hydrogens (primary N) is 1. The number of nitrogens with zero attached hydrogens (tertiary/aromatic N) is 1. The number of halogens is 1. The van der Waals surface area contributed by atoms with Crippen LogP contribution in [0.2, 0.25) is 0 Å². The number of aliphatic hydroxyl groups is 1. The van der Waals surface area contributed by atoms with Crippen molar-refractivity contribution < 1.29 is 14.3 Å². The molecule has 0 heterocycles. The Kier molecular flexibility index (Phi) is 5.30. The van der Waals surface area contributed by atoms with Crippen molar-refractivity contribution in [3.63, 3.8) is 0 Å². The summed E-state index contributed by atoms with van der Waals surface area (Å²) in [4.78, 5) is 12.7. The number of aliphatic hydroxyl groups excluding tert-OH is 1. The molecule has 1 aromatic carbocycles. The Morgan fingerprint density at radius 2 is 2.05 bits per heavy atom. The van der Waals surface area contributed by atoms with Gasteiger partial charge in [-0.15, -0.1) is 0 Å². The highest BCUT2D eigenvalue weighted by molar-refractivity contribution is 5.80. The lowest BCUT2D eigenvalue weighted by molar-refractivity contribution is -0.116. The largest absolute Gasteiger partial charge is 0.389 e. The predicted molar refractivity (Wildman–Crippen MR) is 73.3 cm³/mol. The quantitative estimate of drug-likeness (QED) is 0.827. The van der Waals surface area contributed by atoms with Crippen molar-refractivity contribution in [2.24, 2.45) is 11.7 Å². The van der Waals surface area contributed by atoms with Crippen LogP contribution in [0.1, 0.15) is 32.4 Å². The molecular weight excluding hydrogens is 247 g/mol. The van der Waals surface area contributed by atoms with Gasteiger partial charge in [-0.1, -0.05) is 26.0 Å². The molecule has 0 radical (unpaired) electrons. The van der Waals surface area contributed by atoms with Gasteiger partial charge in [0.05, 0.1) is 18.3 Å². The highest BCUT2D eigenvalue weighted by atomic mass is 19.1. The number of para-hydroxylation sites is 1. The SMILES string of the molecule is CC(C)CN(CC(N)=O)c1c(F)cccc1[C@@H](C)O. The van der Waals surface area contributed by atoms with Gasteiger partial charge in [0.1, 0.15) is 5.82 Å². The molecule has 0 saturated carbocycles. The highest BCUT2D eigenvalue weighted by Crippen LogP contribution is 2.29. The van der Waals surface area contributed by atoms with Gasteiger partial charge >= 0.3 is 0 Å². The number of benzene rings is 1. The smallest absolute Gasteiger partial charge is 0.236 e. The van der Waals surface area contributed by atoms with Crippen LogP contribution in [-0.2, 0) is 4.79 Å². The van der Waals surface area contributed by atoms with Crippen molar-refractivity contribution in [3.05, 3.63) is 29.6 Å². The second kappa shape index (κ2) is 6.52. The minimum atomic E-state index is -0.812. The summed E-state index contributed by atoms with van der Waals surface area (Å²) in [6, 6.07) is 4.51. The van der Waals surface area contributed by atoms with E-state index in [0.717, 1.165) is 0 Å². The predicted octanol–water partition coefficient (Wildman–Crippen LogP) is 1.83. The summed E-state index contributed by atoms with van der Waals surface area (Å²) in [5, 5.41) is 9.74. The van der Waals surface area contributed by atoms with Gasteiger partial charge in [0, 0.05) is 12.1 Å². The van der Waals surface area contributed by atoms with Crippen LogP contribution < -0.4 is 10.6 Å². The van der Waals surface area contributed by atoms with Crippen molar-refractivity contribution in [1.82, 2.24) is 0 Å².